The molecule has 0 spiro atoms. The summed E-state index contributed by atoms with van der Waals surface area (Å²) in [6, 6.07) is 16.9. The highest BCUT2D eigenvalue weighted by Crippen LogP contribution is 2.29. The Kier molecular flexibility index (Phi) is 3.40. The SMILES string of the molecule is COc1ccc(C(=O)c2ccccc2F)c2ccccc12. The number of carbonyl (C=O) groups is 1. The number of rotatable bonds is 3. The number of fused-ring (bicyclic) bond motifs is 1. The zero-order chi connectivity index (χ0) is 14.8. The maximum Gasteiger partial charge on any atom is 0.196 e. The molecule has 3 aromatic rings. The van der Waals surface area contributed by atoms with Crippen molar-refractivity contribution in [2.75, 3.05) is 7.11 Å². The van der Waals surface area contributed by atoms with Gasteiger partial charge < -0.3 is 4.74 Å². The molecule has 0 bridgehead atoms. The lowest BCUT2D eigenvalue weighted by molar-refractivity contribution is 0.103. The van der Waals surface area contributed by atoms with E-state index < -0.39 is 5.82 Å². The van der Waals surface area contributed by atoms with Gasteiger partial charge in [-0.2, -0.15) is 0 Å². The van der Waals surface area contributed by atoms with Crippen LogP contribution in [0.15, 0.2) is 60.7 Å². The van der Waals surface area contributed by atoms with Crippen LogP contribution in [0, 0.1) is 5.82 Å². The summed E-state index contributed by atoms with van der Waals surface area (Å²) in [5.74, 6) is -0.148. The molecule has 0 aromatic heterocycles. The molecule has 0 amide bonds. The van der Waals surface area contributed by atoms with Crippen molar-refractivity contribution in [2.45, 2.75) is 0 Å². The molecule has 21 heavy (non-hydrogen) atoms. The molecule has 3 heteroatoms. The fraction of sp³-hybridized carbons (Fsp3) is 0.0556. The van der Waals surface area contributed by atoms with Crippen LogP contribution >= 0.6 is 0 Å². The molecule has 0 aliphatic heterocycles. The Morgan fingerprint density at radius 1 is 0.857 bits per heavy atom. The van der Waals surface area contributed by atoms with Gasteiger partial charge in [0, 0.05) is 10.9 Å². The molecule has 0 N–H and O–H groups in total. The molecule has 0 unspecified atom stereocenters. The molecule has 3 aromatic carbocycles. The highest BCUT2D eigenvalue weighted by atomic mass is 19.1. The molecule has 0 aliphatic carbocycles. The molecule has 0 aliphatic rings. The van der Waals surface area contributed by atoms with Crippen LogP contribution in [0.5, 0.6) is 5.75 Å². The van der Waals surface area contributed by atoms with Crippen LogP contribution in [0.3, 0.4) is 0 Å². The minimum Gasteiger partial charge on any atom is -0.496 e. The molecular formula is C18H13FO2. The van der Waals surface area contributed by atoms with E-state index in [1.165, 1.54) is 12.1 Å². The minimum atomic E-state index is -0.512. The van der Waals surface area contributed by atoms with Gasteiger partial charge in [-0.1, -0.05) is 36.4 Å². The van der Waals surface area contributed by atoms with E-state index in [4.69, 9.17) is 4.74 Å². The lowest BCUT2D eigenvalue weighted by Gasteiger charge is -2.10. The highest BCUT2D eigenvalue weighted by Gasteiger charge is 2.17. The second-order valence-corrected chi connectivity index (χ2v) is 4.67. The van der Waals surface area contributed by atoms with E-state index in [0.29, 0.717) is 11.3 Å². The Balaban J connectivity index is 2.22. The van der Waals surface area contributed by atoms with Crippen molar-refractivity contribution in [3.05, 3.63) is 77.6 Å². The first-order chi connectivity index (χ1) is 10.2. The summed E-state index contributed by atoms with van der Waals surface area (Å²) in [6.45, 7) is 0. The number of hydrogen-bond acceptors (Lipinski definition) is 2. The summed E-state index contributed by atoms with van der Waals surface area (Å²) < 4.78 is 19.1. The van der Waals surface area contributed by atoms with Gasteiger partial charge in [-0.3, -0.25) is 4.79 Å². The second kappa shape index (κ2) is 5.37. The molecule has 2 nitrogen and oxygen atoms in total. The predicted molar refractivity (Wildman–Crippen MR) is 80.3 cm³/mol. The van der Waals surface area contributed by atoms with Gasteiger partial charge in [0.25, 0.3) is 0 Å². The van der Waals surface area contributed by atoms with Gasteiger partial charge in [0.1, 0.15) is 11.6 Å². The van der Waals surface area contributed by atoms with Crippen molar-refractivity contribution in [1.82, 2.24) is 0 Å². The largest absolute Gasteiger partial charge is 0.496 e. The van der Waals surface area contributed by atoms with Crippen molar-refractivity contribution >= 4 is 16.6 Å². The number of halogens is 1. The zero-order valence-corrected chi connectivity index (χ0v) is 11.5. The molecule has 0 heterocycles. The number of benzene rings is 3. The molecule has 104 valence electrons. The van der Waals surface area contributed by atoms with Crippen LogP contribution in [-0.2, 0) is 0 Å². The van der Waals surface area contributed by atoms with Gasteiger partial charge in [-0.25, -0.2) is 4.39 Å². The third-order valence-electron chi connectivity index (χ3n) is 3.47. The van der Waals surface area contributed by atoms with Gasteiger partial charge in [0.2, 0.25) is 0 Å². The first-order valence-corrected chi connectivity index (χ1v) is 6.57. The van der Waals surface area contributed by atoms with E-state index in [1.54, 1.807) is 31.4 Å². The van der Waals surface area contributed by atoms with Crippen molar-refractivity contribution in [2.24, 2.45) is 0 Å². The van der Waals surface area contributed by atoms with Gasteiger partial charge in [0.05, 0.1) is 12.7 Å². The Morgan fingerprint density at radius 3 is 2.24 bits per heavy atom. The van der Waals surface area contributed by atoms with Gasteiger partial charge >= 0.3 is 0 Å². The maximum atomic E-state index is 13.8. The van der Waals surface area contributed by atoms with Crippen LogP contribution in [0.4, 0.5) is 4.39 Å². The van der Waals surface area contributed by atoms with E-state index in [9.17, 15) is 9.18 Å². The van der Waals surface area contributed by atoms with Crippen molar-refractivity contribution < 1.29 is 13.9 Å². The average Bonchev–Trinajstić information content (AvgIpc) is 2.53. The van der Waals surface area contributed by atoms with E-state index in [-0.39, 0.29) is 11.3 Å². The molecule has 0 fully saturated rings. The van der Waals surface area contributed by atoms with Crippen LogP contribution < -0.4 is 4.74 Å². The summed E-state index contributed by atoms with van der Waals surface area (Å²) in [4.78, 5) is 12.6. The smallest absolute Gasteiger partial charge is 0.196 e. The van der Waals surface area contributed by atoms with Crippen LogP contribution in [0.25, 0.3) is 10.8 Å². The fourth-order valence-corrected chi connectivity index (χ4v) is 2.44. The number of methoxy groups -OCH3 is 1. The number of hydrogen-bond donors (Lipinski definition) is 0. The summed E-state index contributed by atoms with van der Waals surface area (Å²) in [7, 11) is 1.58. The first-order valence-electron chi connectivity index (χ1n) is 6.57. The van der Waals surface area contributed by atoms with E-state index in [1.807, 2.05) is 24.3 Å². The fourth-order valence-electron chi connectivity index (χ4n) is 2.44. The first kappa shape index (κ1) is 13.3. The predicted octanol–water partition coefficient (Wildman–Crippen LogP) is 4.22. The number of carbonyl (C=O) groups excluding carboxylic acids is 1. The number of ether oxygens (including phenoxy) is 1. The van der Waals surface area contributed by atoms with E-state index in [0.717, 1.165) is 10.8 Å². The van der Waals surface area contributed by atoms with Crippen molar-refractivity contribution in [3.8, 4) is 5.75 Å². The van der Waals surface area contributed by atoms with Gasteiger partial charge in [0.15, 0.2) is 5.78 Å². The maximum absolute atomic E-state index is 13.8. The number of ketones is 1. The topological polar surface area (TPSA) is 26.3 Å². The standard InChI is InChI=1S/C18H13FO2/c1-21-17-11-10-14(12-6-2-3-7-13(12)17)18(20)15-8-4-5-9-16(15)19/h2-11H,1H3. The van der Waals surface area contributed by atoms with E-state index >= 15 is 0 Å². The molecule has 3 rings (SSSR count). The summed E-state index contributed by atoms with van der Waals surface area (Å²) in [5.41, 5.74) is 0.546. The lowest BCUT2D eigenvalue weighted by atomic mass is 9.96. The minimum absolute atomic E-state index is 0.0767. The summed E-state index contributed by atoms with van der Waals surface area (Å²) in [6.07, 6.45) is 0. The molecule has 0 atom stereocenters. The monoisotopic (exact) mass is 280 g/mol. The molecule has 0 radical (unpaired) electrons. The normalized spacial score (nSPS) is 10.6. The highest BCUT2D eigenvalue weighted by molar-refractivity contribution is 6.17. The van der Waals surface area contributed by atoms with Crippen molar-refractivity contribution in [3.63, 3.8) is 0 Å². The average molecular weight is 280 g/mol. The Morgan fingerprint density at radius 2 is 1.52 bits per heavy atom. The summed E-state index contributed by atoms with van der Waals surface area (Å²) in [5, 5.41) is 1.59. The van der Waals surface area contributed by atoms with Crippen LogP contribution in [0.1, 0.15) is 15.9 Å². The van der Waals surface area contributed by atoms with Crippen LogP contribution in [-0.4, -0.2) is 12.9 Å². The molecule has 0 saturated carbocycles. The molecular weight excluding hydrogens is 267 g/mol. The van der Waals surface area contributed by atoms with Gasteiger partial charge in [-0.15, -0.1) is 0 Å². The molecule has 0 saturated heterocycles. The van der Waals surface area contributed by atoms with E-state index in [2.05, 4.69) is 0 Å². The Labute approximate surface area is 121 Å². The second-order valence-electron chi connectivity index (χ2n) is 4.67. The quantitative estimate of drug-likeness (QED) is 0.671. The summed E-state index contributed by atoms with van der Waals surface area (Å²) >= 11 is 0. The van der Waals surface area contributed by atoms with Gasteiger partial charge in [-0.05, 0) is 29.7 Å². The Hall–Kier alpha value is -2.68. The third-order valence-corrected chi connectivity index (χ3v) is 3.47. The van der Waals surface area contributed by atoms with Crippen molar-refractivity contribution in [1.29, 1.82) is 0 Å². The third kappa shape index (κ3) is 2.27. The van der Waals surface area contributed by atoms with Crippen LogP contribution in [0.2, 0.25) is 0 Å². The zero-order valence-electron chi connectivity index (χ0n) is 11.5. The lowest BCUT2D eigenvalue weighted by Crippen LogP contribution is -2.05. The Bertz CT molecular complexity index is 824.